The molecule has 17 heavy (non-hydrogen) atoms. The number of benzene rings is 1. The van der Waals surface area contributed by atoms with E-state index in [0.29, 0.717) is 17.0 Å². The van der Waals surface area contributed by atoms with Gasteiger partial charge in [0.1, 0.15) is 5.69 Å². The lowest BCUT2D eigenvalue weighted by molar-refractivity contribution is -0.384. The molecule has 0 saturated carbocycles. The van der Waals surface area contributed by atoms with Crippen molar-refractivity contribution in [2.45, 2.75) is 24.6 Å². The first kappa shape index (κ1) is 12.7. The summed E-state index contributed by atoms with van der Waals surface area (Å²) in [6.45, 7) is 2.18. The average molecular weight is 317 g/mol. The zero-order valence-electron chi connectivity index (χ0n) is 9.35. The molecule has 1 heterocycles. The summed E-state index contributed by atoms with van der Waals surface area (Å²) in [5.41, 5.74) is 0.738. The van der Waals surface area contributed by atoms with Gasteiger partial charge in [-0.3, -0.25) is 10.1 Å². The maximum Gasteiger partial charge on any atom is 0.293 e. The fourth-order valence-electron chi connectivity index (χ4n) is 1.92. The first-order valence-corrected chi connectivity index (χ1v) is 7.22. The number of hydrogen-bond acceptors (Lipinski definition) is 4. The van der Waals surface area contributed by atoms with E-state index in [0.717, 1.165) is 16.6 Å². The molecular weight excluding hydrogens is 304 g/mol. The number of nitro benzene ring substituents is 1. The summed E-state index contributed by atoms with van der Waals surface area (Å²) in [7, 11) is 0. The van der Waals surface area contributed by atoms with Crippen molar-refractivity contribution in [1.29, 1.82) is 0 Å². The third-order valence-electron chi connectivity index (χ3n) is 2.71. The van der Waals surface area contributed by atoms with E-state index in [1.54, 1.807) is 6.07 Å². The van der Waals surface area contributed by atoms with Gasteiger partial charge < -0.3 is 5.32 Å². The van der Waals surface area contributed by atoms with Gasteiger partial charge in [-0.2, -0.15) is 11.8 Å². The first-order valence-electron chi connectivity index (χ1n) is 5.38. The summed E-state index contributed by atoms with van der Waals surface area (Å²) in [6.07, 6.45) is 1.05. The molecule has 2 rings (SSSR count). The van der Waals surface area contributed by atoms with Crippen molar-refractivity contribution in [3.05, 3.63) is 32.8 Å². The average Bonchev–Trinajstić information content (AvgIpc) is 2.66. The second kappa shape index (κ2) is 5.27. The van der Waals surface area contributed by atoms with E-state index in [4.69, 9.17) is 0 Å². The molecule has 1 saturated heterocycles. The standard InChI is InChI=1S/C11H13BrN2O2S/c1-7-4-9(6-17-7)13-10-3-2-8(12)5-11(10)14(15)16/h2-3,5,7,9,13H,4,6H2,1H3. The topological polar surface area (TPSA) is 55.2 Å². The molecule has 1 fully saturated rings. The Labute approximate surface area is 112 Å². The molecule has 0 spiro atoms. The van der Waals surface area contributed by atoms with Gasteiger partial charge in [0.25, 0.3) is 5.69 Å². The van der Waals surface area contributed by atoms with Crippen LogP contribution in [0.2, 0.25) is 0 Å². The minimum absolute atomic E-state index is 0.129. The second-order valence-corrected chi connectivity index (χ2v) is 6.53. The van der Waals surface area contributed by atoms with Crippen molar-refractivity contribution in [1.82, 2.24) is 0 Å². The predicted octanol–water partition coefficient (Wildman–Crippen LogP) is 3.66. The van der Waals surface area contributed by atoms with Crippen LogP contribution in [0.15, 0.2) is 22.7 Å². The number of anilines is 1. The number of nitro groups is 1. The Kier molecular flexibility index (Phi) is 3.93. The number of nitrogens with one attached hydrogen (secondary N) is 1. The van der Waals surface area contributed by atoms with E-state index >= 15 is 0 Å². The van der Waals surface area contributed by atoms with Gasteiger partial charge in [-0.15, -0.1) is 0 Å². The van der Waals surface area contributed by atoms with Crippen LogP contribution in [0, 0.1) is 10.1 Å². The van der Waals surface area contributed by atoms with Crippen molar-refractivity contribution >= 4 is 39.1 Å². The molecule has 6 heteroatoms. The Hall–Kier alpha value is -0.750. The molecule has 1 aliphatic heterocycles. The second-order valence-electron chi connectivity index (χ2n) is 4.14. The maximum atomic E-state index is 11.0. The lowest BCUT2D eigenvalue weighted by atomic mass is 10.2. The summed E-state index contributed by atoms with van der Waals surface area (Å²) in [4.78, 5) is 10.6. The van der Waals surface area contributed by atoms with Crippen LogP contribution in [-0.4, -0.2) is 22.0 Å². The Bertz CT molecular complexity index is 441. The molecule has 0 aliphatic carbocycles. The molecule has 1 aliphatic rings. The molecule has 1 aromatic rings. The minimum atomic E-state index is -0.349. The smallest absolute Gasteiger partial charge is 0.293 e. The fraction of sp³-hybridized carbons (Fsp3) is 0.455. The molecule has 0 amide bonds. The van der Waals surface area contributed by atoms with E-state index in [2.05, 4.69) is 28.2 Å². The third kappa shape index (κ3) is 3.13. The van der Waals surface area contributed by atoms with E-state index in [-0.39, 0.29) is 10.6 Å². The zero-order chi connectivity index (χ0) is 12.4. The fourth-order valence-corrected chi connectivity index (χ4v) is 3.41. The molecule has 0 bridgehead atoms. The van der Waals surface area contributed by atoms with Gasteiger partial charge in [0.2, 0.25) is 0 Å². The number of nitrogens with zero attached hydrogens (tertiary/aromatic N) is 1. The predicted molar refractivity (Wildman–Crippen MR) is 74.7 cm³/mol. The van der Waals surface area contributed by atoms with Crippen molar-refractivity contribution in [3.8, 4) is 0 Å². The van der Waals surface area contributed by atoms with Crippen LogP contribution in [0.25, 0.3) is 0 Å². The normalized spacial score (nSPS) is 23.6. The lowest BCUT2D eigenvalue weighted by Gasteiger charge is -2.13. The summed E-state index contributed by atoms with van der Waals surface area (Å²) >= 11 is 5.15. The largest absolute Gasteiger partial charge is 0.376 e. The van der Waals surface area contributed by atoms with Crippen LogP contribution in [0.1, 0.15) is 13.3 Å². The summed E-state index contributed by atoms with van der Waals surface area (Å²) < 4.78 is 0.726. The highest BCUT2D eigenvalue weighted by molar-refractivity contribution is 9.10. The number of halogens is 1. The zero-order valence-corrected chi connectivity index (χ0v) is 11.8. The lowest BCUT2D eigenvalue weighted by Crippen LogP contribution is -2.19. The van der Waals surface area contributed by atoms with Crippen LogP contribution in [0.4, 0.5) is 11.4 Å². The van der Waals surface area contributed by atoms with Crippen LogP contribution < -0.4 is 5.32 Å². The molecule has 2 atom stereocenters. The van der Waals surface area contributed by atoms with Crippen molar-refractivity contribution in [3.63, 3.8) is 0 Å². The molecule has 92 valence electrons. The highest BCUT2D eigenvalue weighted by Gasteiger charge is 2.24. The van der Waals surface area contributed by atoms with E-state index in [1.807, 2.05) is 17.8 Å². The number of hydrogen-bond donors (Lipinski definition) is 1. The SMILES string of the molecule is CC1CC(Nc2ccc(Br)cc2[N+](=O)[O-])CS1. The van der Waals surface area contributed by atoms with Gasteiger partial charge in [-0.1, -0.05) is 22.9 Å². The molecule has 2 unspecified atom stereocenters. The number of thioether (sulfide) groups is 1. The number of rotatable bonds is 3. The highest BCUT2D eigenvalue weighted by atomic mass is 79.9. The van der Waals surface area contributed by atoms with Crippen LogP contribution in [-0.2, 0) is 0 Å². The van der Waals surface area contributed by atoms with Gasteiger partial charge in [-0.05, 0) is 18.6 Å². The van der Waals surface area contributed by atoms with E-state index in [9.17, 15) is 10.1 Å². The third-order valence-corrected chi connectivity index (χ3v) is 4.56. The molecule has 0 radical (unpaired) electrons. The highest BCUT2D eigenvalue weighted by Crippen LogP contribution is 2.32. The molecule has 4 nitrogen and oxygen atoms in total. The van der Waals surface area contributed by atoms with Crippen LogP contribution >= 0.6 is 27.7 Å². The summed E-state index contributed by atoms with van der Waals surface area (Å²) in [6, 6.07) is 5.44. The monoisotopic (exact) mass is 316 g/mol. The van der Waals surface area contributed by atoms with Gasteiger partial charge >= 0.3 is 0 Å². The summed E-state index contributed by atoms with van der Waals surface area (Å²) in [5, 5.41) is 14.8. The van der Waals surface area contributed by atoms with Gasteiger partial charge in [0.05, 0.1) is 4.92 Å². The Morgan fingerprint density at radius 1 is 1.59 bits per heavy atom. The van der Waals surface area contributed by atoms with E-state index < -0.39 is 0 Å². The van der Waals surface area contributed by atoms with E-state index in [1.165, 1.54) is 6.07 Å². The molecule has 1 aromatic carbocycles. The van der Waals surface area contributed by atoms with Crippen LogP contribution in [0.5, 0.6) is 0 Å². The van der Waals surface area contributed by atoms with Crippen molar-refractivity contribution in [2.75, 3.05) is 11.1 Å². The van der Waals surface area contributed by atoms with Crippen molar-refractivity contribution < 1.29 is 4.92 Å². The van der Waals surface area contributed by atoms with Gasteiger partial charge in [0.15, 0.2) is 0 Å². The quantitative estimate of drug-likeness (QED) is 0.683. The molecule has 1 N–H and O–H groups in total. The van der Waals surface area contributed by atoms with Gasteiger partial charge in [0, 0.05) is 27.6 Å². The summed E-state index contributed by atoms with van der Waals surface area (Å²) in [5.74, 6) is 1.01. The maximum absolute atomic E-state index is 11.0. The van der Waals surface area contributed by atoms with Crippen molar-refractivity contribution in [2.24, 2.45) is 0 Å². The van der Waals surface area contributed by atoms with Crippen LogP contribution in [0.3, 0.4) is 0 Å². The first-order chi connectivity index (χ1) is 8.06. The van der Waals surface area contributed by atoms with Gasteiger partial charge in [-0.25, -0.2) is 0 Å². The Morgan fingerprint density at radius 3 is 2.94 bits per heavy atom. The molecule has 0 aromatic heterocycles. The Balaban J connectivity index is 2.17. The Morgan fingerprint density at radius 2 is 2.35 bits per heavy atom. The molecular formula is C11H13BrN2O2S. The minimum Gasteiger partial charge on any atom is -0.376 e.